The Morgan fingerprint density at radius 2 is 0.722 bits per heavy atom. The van der Waals surface area contributed by atoms with Crippen molar-refractivity contribution in [2.45, 2.75) is 0 Å². The van der Waals surface area contributed by atoms with Crippen LogP contribution in [-0.2, 0) is 28.7 Å². The molecule has 0 atom stereocenters. The first-order valence-electron chi connectivity index (χ1n) is 4.12. The summed E-state index contributed by atoms with van der Waals surface area (Å²) in [7, 11) is 0. The van der Waals surface area contributed by atoms with Crippen LogP contribution in [0.5, 0.6) is 0 Å². The number of alkyl halides is 4. The van der Waals surface area contributed by atoms with Crippen molar-refractivity contribution in [1.82, 2.24) is 0 Å². The van der Waals surface area contributed by atoms with Crippen molar-refractivity contribution in [2.75, 3.05) is 21.3 Å². The van der Waals surface area contributed by atoms with Crippen molar-refractivity contribution in [1.29, 1.82) is 0 Å². The molecule has 0 aliphatic carbocycles. The van der Waals surface area contributed by atoms with Crippen LogP contribution >= 0.6 is 63.7 Å². The highest BCUT2D eigenvalue weighted by molar-refractivity contribution is 9.10. The first-order chi connectivity index (χ1) is 8.40. The smallest absolute Gasteiger partial charge is 0.324 e. The lowest BCUT2D eigenvalue weighted by Gasteiger charge is -1.93. The van der Waals surface area contributed by atoms with Crippen molar-refractivity contribution in [3.05, 3.63) is 0 Å². The average Bonchev–Trinajstić information content (AvgIpc) is 2.38. The summed E-state index contributed by atoms with van der Waals surface area (Å²) in [5, 5.41) is 0.189. The summed E-state index contributed by atoms with van der Waals surface area (Å²) in [6.45, 7) is 0. The molecular weight excluding hydrogens is 512 g/mol. The Morgan fingerprint density at radius 3 is 0.833 bits per heavy atom. The summed E-state index contributed by atoms with van der Waals surface area (Å²) in [4.78, 5) is 41.1. The first-order valence-corrected chi connectivity index (χ1v) is 8.60. The van der Waals surface area contributed by atoms with Gasteiger partial charge in [-0.1, -0.05) is 63.7 Å². The van der Waals surface area contributed by atoms with Crippen LogP contribution in [0.25, 0.3) is 0 Å². The molecule has 0 aromatic rings. The number of carbonyl (C=O) groups is 4. The molecule has 6 nitrogen and oxygen atoms in total. The topological polar surface area (TPSA) is 86.7 Å². The third kappa shape index (κ3) is 14.3. The van der Waals surface area contributed by atoms with Crippen LogP contribution < -0.4 is 0 Å². The van der Waals surface area contributed by atoms with Crippen molar-refractivity contribution < 1.29 is 28.7 Å². The van der Waals surface area contributed by atoms with E-state index in [1.54, 1.807) is 0 Å². The standard InChI is InChI=1S/2C4H4Br2O3/c2*5-1-3(7)9-4(8)2-6/h2*1-2H2. The molecule has 0 rings (SSSR count). The molecule has 0 N–H and O–H groups in total. The number of halogens is 4. The predicted octanol–water partition coefficient (Wildman–Crippen LogP) is 1.69. The van der Waals surface area contributed by atoms with Gasteiger partial charge in [0, 0.05) is 0 Å². The molecule has 0 fully saturated rings. The van der Waals surface area contributed by atoms with Gasteiger partial charge in [-0.15, -0.1) is 0 Å². The van der Waals surface area contributed by atoms with E-state index < -0.39 is 23.9 Å². The van der Waals surface area contributed by atoms with Crippen LogP contribution in [-0.4, -0.2) is 45.2 Å². The Bertz CT molecular complexity index is 248. The van der Waals surface area contributed by atoms with Gasteiger partial charge in [-0.3, -0.25) is 19.2 Å². The van der Waals surface area contributed by atoms with E-state index in [0.29, 0.717) is 0 Å². The second-order valence-electron chi connectivity index (χ2n) is 2.23. The summed E-state index contributed by atoms with van der Waals surface area (Å²) in [5.74, 6) is -2.28. The van der Waals surface area contributed by atoms with Gasteiger partial charge in [-0.05, 0) is 0 Å². The molecule has 0 bridgehead atoms. The highest BCUT2D eigenvalue weighted by atomic mass is 79.9. The third-order valence-corrected chi connectivity index (χ3v) is 2.72. The van der Waals surface area contributed by atoms with Crippen LogP contribution in [0, 0.1) is 0 Å². The van der Waals surface area contributed by atoms with Crippen LogP contribution in [0.1, 0.15) is 0 Å². The Balaban J connectivity index is 0. The molecule has 10 heteroatoms. The van der Waals surface area contributed by atoms with E-state index in [-0.39, 0.29) is 21.3 Å². The molecule has 0 aromatic carbocycles. The fourth-order valence-electron chi connectivity index (χ4n) is 0.363. The molecule has 0 aliphatic rings. The van der Waals surface area contributed by atoms with Crippen molar-refractivity contribution >= 4 is 87.6 Å². The number of hydrogen-bond donors (Lipinski definition) is 0. The van der Waals surface area contributed by atoms with Gasteiger partial charge in [0.25, 0.3) is 0 Å². The molecule has 0 radical (unpaired) electrons. The molecule has 0 aliphatic heterocycles. The molecule has 0 amide bonds. The molecule has 104 valence electrons. The lowest BCUT2D eigenvalue weighted by atomic mass is 10.7. The number of rotatable bonds is 4. The normalized spacial score (nSPS) is 8.67. The Morgan fingerprint density at radius 1 is 0.556 bits per heavy atom. The van der Waals surface area contributed by atoms with Gasteiger partial charge in [-0.2, -0.15) is 0 Å². The van der Waals surface area contributed by atoms with Gasteiger partial charge in [0.05, 0.1) is 0 Å². The molecular formula is C8H8Br4O6. The number of carbonyl (C=O) groups excluding carboxylic acids is 4. The van der Waals surface area contributed by atoms with E-state index >= 15 is 0 Å². The monoisotopic (exact) mass is 516 g/mol. The van der Waals surface area contributed by atoms with E-state index in [2.05, 4.69) is 73.2 Å². The minimum atomic E-state index is -0.570. The fraction of sp³-hybridized carbons (Fsp3) is 0.500. The molecule has 0 saturated carbocycles. The van der Waals surface area contributed by atoms with E-state index in [1.807, 2.05) is 0 Å². The number of hydrogen-bond acceptors (Lipinski definition) is 6. The third-order valence-electron chi connectivity index (χ3n) is 0.892. The Kier molecular flexibility index (Phi) is 15.5. The molecule has 0 spiro atoms. The fourth-order valence-corrected chi connectivity index (χ4v) is 0.821. The largest absolute Gasteiger partial charge is 0.392 e. The molecule has 0 unspecified atom stereocenters. The van der Waals surface area contributed by atoms with Crippen molar-refractivity contribution in [2.24, 2.45) is 0 Å². The van der Waals surface area contributed by atoms with Gasteiger partial charge in [0.2, 0.25) is 0 Å². The maximum absolute atomic E-state index is 10.3. The number of ether oxygens (including phenoxy) is 2. The van der Waals surface area contributed by atoms with E-state index in [0.717, 1.165) is 0 Å². The minimum Gasteiger partial charge on any atom is -0.392 e. The van der Waals surface area contributed by atoms with Gasteiger partial charge >= 0.3 is 23.9 Å². The highest BCUT2D eigenvalue weighted by Crippen LogP contribution is 1.90. The van der Waals surface area contributed by atoms with E-state index in [4.69, 9.17) is 0 Å². The zero-order chi connectivity index (χ0) is 14.6. The zero-order valence-electron chi connectivity index (χ0n) is 8.79. The summed E-state index contributed by atoms with van der Waals surface area (Å²) >= 11 is 11.3. The maximum Gasteiger partial charge on any atom is 0.324 e. The molecule has 0 heterocycles. The van der Waals surface area contributed by atoms with E-state index in [9.17, 15) is 19.2 Å². The predicted molar refractivity (Wildman–Crippen MR) is 77.4 cm³/mol. The second-order valence-corrected chi connectivity index (χ2v) is 4.47. The van der Waals surface area contributed by atoms with Crippen molar-refractivity contribution in [3.63, 3.8) is 0 Å². The van der Waals surface area contributed by atoms with Crippen LogP contribution in [0.3, 0.4) is 0 Å². The van der Waals surface area contributed by atoms with E-state index in [1.165, 1.54) is 0 Å². The van der Waals surface area contributed by atoms with Gasteiger partial charge in [-0.25, -0.2) is 0 Å². The van der Waals surface area contributed by atoms with Gasteiger partial charge in [0.15, 0.2) is 0 Å². The first kappa shape index (κ1) is 20.5. The Labute approximate surface area is 137 Å². The zero-order valence-corrected chi connectivity index (χ0v) is 15.1. The van der Waals surface area contributed by atoms with Gasteiger partial charge in [0.1, 0.15) is 21.3 Å². The molecule has 18 heavy (non-hydrogen) atoms. The minimum absolute atomic E-state index is 0.0474. The van der Waals surface area contributed by atoms with Crippen LogP contribution in [0.4, 0.5) is 0 Å². The SMILES string of the molecule is O=C(CBr)OC(=O)CBr.O=C(CBr)OC(=O)CBr. The molecule has 0 saturated heterocycles. The average molecular weight is 520 g/mol. The summed E-state index contributed by atoms with van der Waals surface area (Å²) < 4.78 is 8.35. The lowest BCUT2D eigenvalue weighted by Crippen LogP contribution is -2.13. The summed E-state index contributed by atoms with van der Waals surface area (Å²) in [5.41, 5.74) is 0. The lowest BCUT2D eigenvalue weighted by molar-refractivity contribution is -0.157. The highest BCUT2D eigenvalue weighted by Gasteiger charge is 2.05. The van der Waals surface area contributed by atoms with Crippen molar-refractivity contribution in [3.8, 4) is 0 Å². The molecule has 0 aromatic heterocycles. The Hall–Kier alpha value is 0.200. The number of esters is 4. The second kappa shape index (κ2) is 13.6. The quantitative estimate of drug-likeness (QED) is 0.319. The summed E-state index contributed by atoms with van der Waals surface area (Å²) in [6, 6.07) is 0. The maximum atomic E-state index is 10.3. The van der Waals surface area contributed by atoms with Crippen LogP contribution in [0.15, 0.2) is 0 Å². The van der Waals surface area contributed by atoms with Gasteiger partial charge < -0.3 is 9.47 Å². The summed E-state index contributed by atoms with van der Waals surface area (Å²) in [6.07, 6.45) is 0. The van der Waals surface area contributed by atoms with Crippen LogP contribution in [0.2, 0.25) is 0 Å².